The summed E-state index contributed by atoms with van der Waals surface area (Å²) < 4.78 is 26.0. The van der Waals surface area contributed by atoms with Crippen LogP contribution in [0.1, 0.15) is 12.5 Å². The number of hydrogen-bond donors (Lipinski definition) is 1. The zero-order valence-electron chi connectivity index (χ0n) is 12.4. The van der Waals surface area contributed by atoms with E-state index < -0.39 is 26.2 Å². The van der Waals surface area contributed by atoms with E-state index in [-0.39, 0.29) is 40.9 Å². The van der Waals surface area contributed by atoms with E-state index in [1.54, 1.807) is 13.0 Å². The minimum Gasteiger partial charge on any atom is -0.746 e. The Bertz CT molecular complexity index is 758. The topological polar surface area (TPSA) is 109 Å². The van der Waals surface area contributed by atoms with Crippen molar-refractivity contribution in [3.05, 3.63) is 40.2 Å². The van der Waals surface area contributed by atoms with E-state index in [2.05, 4.69) is 4.52 Å². The van der Waals surface area contributed by atoms with Crippen LogP contribution in [0.3, 0.4) is 0 Å². The van der Waals surface area contributed by atoms with Crippen molar-refractivity contribution in [1.29, 1.82) is 0 Å². The Balaban J connectivity index is 0.00000242. The molecule has 114 valence electrons. The average molecular weight is 336 g/mol. The Morgan fingerprint density at radius 3 is 2.73 bits per heavy atom. The van der Waals surface area contributed by atoms with Crippen LogP contribution in [0.15, 0.2) is 33.5 Å². The molecular formula is C13H14NaO7P. The number of aryl methyl sites for hydroxylation is 1. The van der Waals surface area contributed by atoms with Gasteiger partial charge in [-0.2, -0.15) is 0 Å². The fourth-order valence-corrected chi connectivity index (χ4v) is 2.69. The molecule has 2 atom stereocenters. The molecule has 0 spiro atoms. The number of aliphatic hydroxyl groups excluding tert-OH is 1. The van der Waals surface area contributed by atoms with Gasteiger partial charge in [0, 0.05) is 17.5 Å². The van der Waals surface area contributed by atoms with Crippen LogP contribution in [0.4, 0.5) is 0 Å². The summed E-state index contributed by atoms with van der Waals surface area (Å²) in [6.07, 6.45) is -0.908. The van der Waals surface area contributed by atoms with Gasteiger partial charge in [-0.1, -0.05) is 0 Å². The largest absolute Gasteiger partial charge is 1.00 e. The maximum absolute atomic E-state index is 11.6. The number of fused-ring (bicyclic) bond motifs is 1. The van der Waals surface area contributed by atoms with Crippen molar-refractivity contribution in [2.45, 2.75) is 20.0 Å². The summed E-state index contributed by atoms with van der Waals surface area (Å²) in [5.41, 5.74) is 0.392. The van der Waals surface area contributed by atoms with Crippen LogP contribution in [0, 0.1) is 6.92 Å². The van der Waals surface area contributed by atoms with Gasteiger partial charge < -0.3 is 23.5 Å². The van der Waals surface area contributed by atoms with Gasteiger partial charge >= 0.3 is 43.0 Å². The third-order valence-corrected chi connectivity index (χ3v) is 3.76. The number of benzene rings is 1. The van der Waals surface area contributed by atoms with E-state index in [9.17, 15) is 14.3 Å². The van der Waals surface area contributed by atoms with E-state index in [0.29, 0.717) is 10.9 Å². The maximum Gasteiger partial charge on any atom is 1.00 e. The summed E-state index contributed by atoms with van der Waals surface area (Å²) in [7, 11) is -4.62. The van der Waals surface area contributed by atoms with Gasteiger partial charge in [-0.05, 0) is 31.5 Å². The molecule has 0 aliphatic rings. The molecule has 1 aromatic heterocycles. The first-order valence-corrected chi connectivity index (χ1v) is 7.61. The fraction of sp³-hybridized carbons (Fsp3) is 0.308. The summed E-state index contributed by atoms with van der Waals surface area (Å²) in [5, 5.41) is 9.45. The van der Waals surface area contributed by atoms with Crippen molar-refractivity contribution in [3.63, 3.8) is 0 Å². The summed E-state index contributed by atoms with van der Waals surface area (Å²) in [6.45, 7) is 2.67. The molecule has 2 rings (SSSR count). The third-order valence-electron chi connectivity index (χ3n) is 2.71. The van der Waals surface area contributed by atoms with Gasteiger partial charge in [0.05, 0.1) is 12.7 Å². The molecule has 1 unspecified atom stereocenters. The molecule has 0 bridgehead atoms. The first-order chi connectivity index (χ1) is 9.80. The molecule has 1 N–H and O–H groups in total. The SMILES string of the molecule is Cc1cc(=O)oc2cc(OP(=O)([O-])O[C@@H](C)CO)ccc12.[Na+]. The predicted octanol–water partition coefficient (Wildman–Crippen LogP) is -1.65. The standard InChI is InChI=1S/C13H15O7P.Na/c1-8-5-13(15)18-12-6-10(3-4-11(8)12)20-21(16,17)19-9(2)7-14;/h3-6,9,14H,7H2,1-2H3,(H,16,17);/q;+1/p-1/t9-;/m0./s1. The third kappa shape index (κ3) is 4.93. The van der Waals surface area contributed by atoms with Crippen LogP contribution in [0.2, 0.25) is 0 Å². The van der Waals surface area contributed by atoms with Crippen LogP contribution in [0.25, 0.3) is 11.0 Å². The molecule has 0 fully saturated rings. The van der Waals surface area contributed by atoms with Crippen molar-refractivity contribution in [1.82, 2.24) is 0 Å². The van der Waals surface area contributed by atoms with E-state index in [1.165, 1.54) is 25.1 Å². The van der Waals surface area contributed by atoms with E-state index in [1.807, 2.05) is 0 Å². The smallest absolute Gasteiger partial charge is 0.746 e. The molecule has 0 aliphatic heterocycles. The van der Waals surface area contributed by atoms with Crippen LogP contribution in [-0.2, 0) is 9.09 Å². The molecule has 0 radical (unpaired) electrons. The average Bonchev–Trinajstić information content (AvgIpc) is 2.36. The van der Waals surface area contributed by atoms with Gasteiger partial charge in [0.2, 0.25) is 0 Å². The number of aliphatic hydroxyl groups is 1. The summed E-state index contributed by atoms with van der Waals surface area (Å²) in [5.74, 6) is -0.0419. The zero-order valence-corrected chi connectivity index (χ0v) is 15.3. The van der Waals surface area contributed by atoms with Crippen molar-refractivity contribution in [2.24, 2.45) is 0 Å². The Kier molecular flexibility index (Phi) is 6.83. The number of phosphoric ester groups is 1. The number of rotatable bonds is 5. The van der Waals surface area contributed by atoms with Crippen molar-refractivity contribution in [2.75, 3.05) is 6.61 Å². The van der Waals surface area contributed by atoms with Gasteiger partial charge in [0.25, 0.3) is 0 Å². The molecule has 1 aromatic carbocycles. The van der Waals surface area contributed by atoms with Crippen molar-refractivity contribution in [3.8, 4) is 5.75 Å². The first kappa shape index (κ1) is 19.4. The Labute approximate surface area is 148 Å². The molecule has 0 aliphatic carbocycles. The Hall–Kier alpha value is -0.660. The maximum atomic E-state index is 11.6. The normalized spacial score (nSPS) is 14.9. The fourth-order valence-electron chi connectivity index (χ4n) is 1.77. The van der Waals surface area contributed by atoms with Crippen LogP contribution < -0.4 is 44.6 Å². The molecule has 9 heteroatoms. The minimum absolute atomic E-state index is 0. The molecule has 0 saturated carbocycles. The van der Waals surface area contributed by atoms with Gasteiger partial charge in [0.1, 0.15) is 11.3 Å². The van der Waals surface area contributed by atoms with Crippen molar-refractivity contribution < 1.29 is 57.6 Å². The molecule has 1 heterocycles. The first-order valence-electron chi connectivity index (χ1n) is 6.15. The number of hydrogen-bond acceptors (Lipinski definition) is 7. The monoisotopic (exact) mass is 336 g/mol. The second-order valence-electron chi connectivity index (χ2n) is 4.54. The second-order valence-corrected chi connectivity index (χ2v) is 5.83. The van der Waals surface area contributed by atoms with E-state index in [0.717, 1.165) is 0 Å². The Morgan fingerprint density at radius 2 is 2.09 bits per heavy atom. The van der Waals surface area contributed by atoms with E-state index in [4.69, 9.17) is 14.0 Å². The molecule has 7 nitrogen and oxygen atoms in total. The van der Waals surface area contributed by atoms with Crippen LogP contribution >= 0.6 is 7.82 Å². The van der Waals surface area contributed by atoms with Crippen LogP contribution in [0.5, 0.6) is 5.75 Å². The predicted molar refractivity (Wildman–Crippen MR) is 73.1 cm³/mol. The van der Waals surface area contributed by atoms with Gasteiger partial charge in [0.15, 0.2) is 0 Å². The molecule has 0 amide bonds. The molecule has 22 heavy (non-hydrogen) atoms. The summed E-state index contributed by atoms with van der Waals surface area (Å²) >= 11 is 0. The van der Waals surface area contributed by atoms with Gasteiger partial charge in [-0.25, -0.2) is 4.79 Å². The summed E-state index contributed by atoms with van der Waals surface area (Å²) in [6, 6.07) is 5.64. The second kappa shape index (κ2) is 7.75. The summed E-state index contributed by atoms with van der Waals surface area (Å²) in [4.78, 5) is 22.9. The number of phosphoric acid groups is 1. The molecule has 2 aromatic rings. The molecular weight excluding hydrogens is 322 g/mol. The van der Waals surface area contributed by atoms with Crippen molar-refractivity contribution >= 4 is 18.8 Å². The van der Waals surface area contributed by atoms with Gasteiger partial charge in [-0.15, -0.1) is 0 Å². The minimum atomic E-state index is -4.62. The zero-order chi connectivity index (χ0) is 15.6. The quantitative estimate of drug-likeness (QED) is 0.396. The Morgan fingerprint density at radius 1 is 1.41 bits per heavy atom. The van der Waals surface area contributed by atoms with Gasteiger partial charge in [-0.3, -0.25) is 4.57 Å². The van der Waals surface area contributed by atoms with E-state index >= 15 is 0 Å². The molecule has 0 saturated heterocycles. The van der Waals surface area contributed by atoms with Crippen LogP contribution in [-0.4, -0.2) is 17.8 Å².